The molecule has 0 saturated carbocycles. The summed E-state index contributed by atoms with van der Waals surface area (Å²) < 4.78 is 1.99. The van der Waals surface area contributed by atoms with E-state index in [4.69, 9.17) is 11.5 Å². The second-order valence-corrected chi connectivity index (χ2v) is 3.68. The first-order valence-electron chi connectivity index (χ1n) is 4.81. The molecule has 4 N–H and O–H groups in total. The molecular formula is C8H14N6O. The van der Waals surface area contributed by atoms with Gasteiger partial charge in [0.25, 0.3) is 0 Å². The minimum atomic E-state index is -0.612. The molecule has 15 heavy (non-hydrogen) atoms. The molecule has 1 aromatic rings. The number of rotatable bonds is 3. The smallest absolute Gasteiger partial charge is 0.235 e. The highest BCUT2D eigenvalue weighted by atomic mass is 16.1. The van der Waals surface area contributed by atoms with Crippen molar-refractivity contribution in [3.63, 3.8) is 0 Å². The zero-order valence-electron chi connectivity index (χ0n) is 8.33. The Morgan fingerprint density at radius 1 is 1.60 bits per heavy atom. The molecule has 7 heteroatoms. The van der Waals surface area contributed by atoms with E-state index >= 15 is 0 Å². The molecule has 1 aliphatic rings. The van der Waals surface area contributed by atoms with Crippen molar-refractivity contribution in [3.05, 3.63) is 12.2 Å². The van der Waals surface area contributed by atoms with Gasteiger partial charge in [0.1, 0.15) is 12.2 Å². The van der Waals surface area contributed by atoms with Crippen LogP contribution in [-0.2, 0) is 17.9 Å². The third kappa shape index (κ3) is 2.13. The molecule has 7 nitrogen and oxygen atoms in total. The summed E-state index contributed by atoms with van der Waals surface area (Å²) in [6.07, 6.45) is 1.71. The molecule has 0 radical (unpaired) electrons. The number of primary amides is 1. The summed E-state index contributed by atoms with van der Waals surface area (Å²) in [7, 11) is 0. The molecule has 1 atom stereocenters. The van der Waals surface area contributed by atoms with Crippen LogP contribution in [0.2, 0.25) is 0 Å². The lowest BCUT2D eigenvalue weighted by Crippen LogP contribution is -2.47. The lowest BCUT2D eigenvalue weighted by molar-refractivity contribution is -0.119. The van der Waals surface area contributed by atoms with Crippen LogP contribution in [0, 0.1) is 0 Å². The summed E-state index contributed by atoms with van der Waals surface area (Å²) in [5, 5.41) is 7.79. The highest BCUT2D eigenvalue weighted by molar-refractivity contribution is 5.79. The molecule has 0 aromatic carbocycles. The largest absolute Gasteiger partial charge is 0.368 e. The number of nitrogens with two attached hydrogens (primary N) is 2. The summed E-state index contributed by atoms with van der Waals surface area (Å²) >= 11 is 0. The Morgan fingerprint density at radius 3 is 3.13 bits per heavy atom. The van der Waals surface area contributed by atoms with Gasteiger partial charge in [0, 0.05) is 19.6 Å². The van der Waals surface area contributed by atoms with Crippen molar-refractivity contribution in [2.45, 2.75) is 19.1 Å². The van der Waals surface area contributed by atoms with Gasteiger partial charge in [0.15, 0.2) is 0 Å². The van der Waals surface area contributed by atoms with Gasteiger partial charge in [-0.25, -0.2) is 0 Å². The molecule has 0 aliphatic carbocycles. The number of aromatic nitrogens is 3. The van der Waals surface area contributed by atoms with E-state index in [-0.39, 0.29) is 0 Å². The van der Waals surface area contributed by atoms with Gasteiger partial charge >= 0.3 is 0 Å². The number of fused-ring (bicyclic) bond motifs is 1. The van der Waals surface area contributed by atoms with Crippen molar-refractivity contribution in [1.82, 2.24) is 19.7 Å². The van der Waals surface area contributed by atoms with E-state index in [0.717, 1.165) is 18.9 Å². The van der Waals surface area contributed by atoms with E-state index < -0.39 is 11.9 Å². The van der Waals surface area contributed by atoms with Gasteiger partial charge in [-0.1, -0.05) is 0 Å². The quantitative estimate of drug-likeness (QED) is 0.595. The number of hydrogen-bond donors (Lipinski definition) is 2. The van der Waals surface area contributed by atoms with Gasteiger partial charge in [0.05, 0.1) is 12.6 Å². The predicted octanol–water partition coefficient (Wildman–Crippen LogP) is -2.09. The van der Waals surface area contributed by atoms with Crippen LogP contribution >= 0.6 is 0 Å². The molecule has 82 valence electrons. The summed E-state index contributed by atoms with van der Waals surface area (Å²) in [6.45, 7) is 2.81. The predicted molar refractivity (Wildman–Crippen MR) is 52.5 cm³/mol. The van der Waals surface area contributed by atoms with E-state index in [1.165, 1.54) is 0 Å². The fourth-order valence-corrected chi connectivity index (χ4v) is 1.64. The van der Waals surface area contributed by atoms with Gasteiger partial charge < -0.3 is 16.0 Å². The van der Waals surface area contributed by atoms with Gasteiger partial charge in [0.2, 0.25) is 5.91 Å². The number of nitrogens with zero attached hydrogens (tertiary/aromatic N) is 4. The Balaban J connectivity index is 1.95. The van der Waals surface area contributed by atoms with Crippen molar-refractivity contribution < 1.29 is 4.79 Å². The Hall–Kier alpha value is -1.47. The molecule has 2 heterocycles. The second kappa shape index (κ2) is 3.95. The van der Waals surface area contributed by atoms with Crippen molar-refractivity contribution in [3.8, 4) is 0 Å². The average Bonchev–Trinajstić information content (AvgIpc) is 2.64. The minimum absolute atomic E-state index is 0.470. The molecule has 0 saturated heterocycles. The van der Waals surface area contributed by atoms with Crippen molar-refractivity contribution in [2.75, 3.05) is 13.1 Å². The molecule has 0 bridgehead atoms. The number of amides is 1. The van der Waals surface area contributed by atoms with Crippen molar-refractivity contribution in [1.29, 1.82) is 0 Å². The number of carbonyl (C=O) groups excluding carboxylic acids is 1. The van der Waals surface area contributed by atoms with E-state index in [1.54, 1.807) is 6.33 Å². The van der Waals surface area contributed by atoms with Crippen molar-refractivity contribution >= 4 is 5.91 Å². The average molecular weight is 210 g/mol. The third-order valence-corrected chi connectivity index (χ3v) is 2.54. The maximum absolute atomic E-state index is 10.8. The first-order chi connectivity index (χ1) is 7.16. The molecular weight excluding hydrogens is 196 g/mol. The van der Waals surface area contributed by atoms with Crippen molar-refractivity contribution in [2.24, 2.45) is 11.5 Å². The normalized spacial score (nSPS) is 18.5. The summed E-state index contributed by atoms with van der Waals surface area (Å²) in [5.41, 5.74) is 10.7. The van der Waals surface area contributed by atoms with E-state index in [9.17, 15) is 4.79 Å². The first kappa shape index (κ1) is 10.1. The molecule has 1 unspecified atom stereocenters. The van der Waals surface area contributed by atoms with Crippen LogP contribution in [0.3, 0.4) is 0 Å². The summed E-state index contributed by atoms with van der Waals surface area (Å²) in [4.78, 5) is 12.9. The molecule has 1 aliphatic heterocycles. The van der Waals surface area contributed by atoms with E-state index in [1.807, 2.05) is 4.57 Å². The Labute approximate surface area is 87.0 Å². The zero-order valence-corrected chi connectivity index (χ0v) is 8.33. The fraction of sp³-hybridized carbons (Fsp3) is 0.625. The fourth-order valence-electron chi connectivity index (χ4n) is 1.64. The Morgan fingerprint density at radius 2 is 2.40 bits per heavy atom. The standard InChI is InChI=1S/C8H14N6O/c9-6(8(10)15)3-13-1-2-14-5-11-12-7(14)4-13/h5-6H,1-4,9H2,(H2,10,15). The monoisotopic (exact) mass is 210 g/mol. The number of hydrogen-bond acceptors (Lipinski definition) is 5. The first-order valence-corrected chi connectivity index (χ1v) is 4.81. The van der Waals surface area contributed by atoms with Crippen LogP contribution in [0.4, 0.5) is 0 Å². The van der Waals surface area contributed by atoms with Crippen LogP contribution < -0.4 is 11.5 Å². The topological polar surface area (TPSA) is 103 Å². The van der Waals surface area contributed by atoms with Crippen LogP contribution in [0.15, 0.2) is 6.33 Å². The minimum Gasteiger partial charge on any atom is -0.368 e. The van der Waals surface area contributed by atoms with Gasteiger partial charge in [-0.3, -0.25) is 9.69 Å². The molecule has 1 aromatic heterocycles. The zero-order chi connectivity index (χ0) is 10.8. The maximum atomic E-state index is 10.8. The molecule has 0 spiro atoms. The van der Waals surface area contributed by atoms with Crippen LogP contribution in [0.1, 0.15) is 5.82 Å². The Kier molecular flexibility index (Phi) is 2.65. The summed E-state index contributed by atoms with van der Waals surface area (Å²) in [6, 6.07) is -0.612. The third-order valence-electron chi connectivity index (χ3n) is 2.54. The van der Waals surface area contributed by atoms with E-state index in [0.29, 0.717) is 13.1 Å². The van der Waals surface area contributed by atoms with Crippen LogP contribution in [-0.4, -0.2) is 44.7 Å². The van der Waals surface area contributed by atoms with Crippen LogP contribution in [0.5, 0.6) is 0 Å². The second-order valence-electron chi connectivity index (χ2n) is 3.68. The SMILES string of the molecule is NC(=O)C(N)CN1CCn2cnnc2C1. The lowest BCUT2D eigenvalue weighted by atomic mass is 10.2. The molecule has 0 fully saturated rings. The van der Waals surface area contributed by atoms with Gasteiger partial charge in [-0.15, -0.1) is 10.2 Å². The molecule has 1 amide bonds. The Bertz CT molecular complexity index is 362. The highest BCUT2D eigenvalue weighted by Gasteiger charge is 2.20. The van der Waals surface area contributed by atoms with Crippen LogP contribution in [0.25, 0.3) is 0 Å². The molecule has 2 rings (SSSR count). The highest BCUT2D eigenvalue weighted by Crippen LogP contribution is 2.08. The van der Waals surface area contributed by atoms with E-state index in [2.05, 4.69) is 15.1 Å². The number of carbonyl (C=O) groups is 1. The maximum Gasteiger partial charge on any atom is 0.235 e. The summed E-state index contributed by atoms with van der Waals surface area (Å²) in [5.74, 6) is 0.431. The van der Waals surface area contributed by atoms with Gasteiger partial charge in [-0.2, -0.15) is 0 Å². The van der Waals surface area contributed by atoms with Gasteiger partial charge in [-0.05, 0) is 0 Å². The lowest BCUT2D eigenvalue weighted by Gasteiger charge is -2.28.